The maximum Gasteiger partial charge on any atom is 0.279 e. The van der Waals surface area contributed by atoms with Crippen molar-refractivity contribution in [3.63, 3.8) is 0 Å². The normalized spacial score (nSPS) is 14.9. The molecule has 0 aliphatic heterocycles. The van der Waals surface area contributed by atoms with E-state index in [4.69, 9.17) is 4.52 Å². The summed E-state index contributed by atoms with van der Waals surface area (Å²) >= 11 is 0. The van der Waals surface area contributed by atoms with E-state index in [1.807, 2.05) is 12.1 Å². The Balaban J connectivity index is 1.66. The second-order valence-corrected chi connectivity index (χ2v) is 6.82. The molecule has 0 spiro atoms. The lowest BCUT2D eigenvalue weighted by Crippen LogP contribution is -2.30. The molecular formula is C22H18N4O. The molecule has 4 aromatic rings. The van der Waals surface area contributed by atoms with Gasteiger partial charge >= 0.3 is 0 Å². The van der Waals surface area contributed by atoms with Crippen molar-refractivity contribution >= 4 is 6.08 Å². The number of hydrogen-bond acceptors (Lipinski definition) is 4. The van der Waals surface area contributed by atoms with Crippen molar-refractivity contribution in [3.05, 3.63) is 94.9 Å². The van der Waals surface area contributed by atoms with Gasteiger partial charge in [-0.25, -0.2) is 0 Å². The number of allylic oxidation sites excluding steroid dienone is 1. The van der Waals surface area contributed by atoms with Crippen LogP contribution in [0.25, 0.3) is 17.7 Å². The molecule has 5 nitrogen and oxygen atoms in total. The highest BCUT2D eigenvalue weighted by atomic mass is 16.5. The van der Waals surface area contributed by atoms with Crippen LogP contribution in [0.4, 0.5) is 0 Å². The molecule has 5 heteroatoms. The van der Waals surface area contributed by atoms with Gasteiger partial charge in [0.25, 0.3) is 5.89 Å². The molecule has 2 aromatic heterocycles. The summed E-state index contributed by atoms with van der Waals surface area (Å²) in [5.41, 5.74) is 5.05. The number of aryl methyl sites for hydroxylation is 1. The summed E-state index contributed by atoms with van der Waals surface area (Å²) in [6.45, 7) is 1.80. The van der Waals surface area contributed by atoms with E-state index in [9.17, 15) is 0 Å². The number of fused-ring (bicyclic) bond motifs is 1. The van der Waals surface area contributed by atoms with Crippen LogP contribution in [-0.4, -0.2) is 20.3 Å². The summed E-state index contributed by atoms with van der Waals surface area (Å²) in [4.78, 5) is 4.32. The van der Waals surface area contributed by atoms with Gasteiger partial charge in [-0.15, -0.1) is 0 Å². The third-order valence-electron chi connectivity index (χ3n) is 5.18. The summed E-state index contributed by atoms with van der Waals surface area (Å²) in [6.07, 6.45) is 5.17. The quantitative estimate of drug-likeness (QED) is 0.595. The van der Waals surface area contributed by atoms with E-state index in [-0.39, 0.29) is 5.41 Å². The van der Waals surface area contributed by atoms with Gasteiger partial charge in [0.1, 0.15) is 0 Å². The Kier molecular flexibility index (Phi) is 3.53. The van der Waals surface area contributed by atoms with Crippen molar-refractivity contribution in [3.8, 4) is 11.6 Å². The standard InChI is InChI=1S/C22H18N4O/c1-15-23-21(27-26-15)20-18-12-13-22(14-19(18)24-25-20,16-8-4-2-5-9-16)17-10-6-3-7-11-17/h2-13H,14H2,1H3,(H,24,25). The van der Waals surface area contributed by atoms with Gasteiger partial charge in [-0.3, -0.25) is 5.10 Å². The van der Waals surface area contributed by atoms with Crippen molar-refractivity contribution in [1.82, 2.24) is 20.3 Å². The lowest BCUT2D eigenvalue weighted by Gasteiger charge is -2.34. The minimum Gasteiger partial charge on any atom is -0.332 e. The number of benzene rings is 2. The van der Waals surface area contributed by atoms with Crippen LogP contribution in [-0.2, 0) is 11.8 Å². The molecule has 0 saturated heterocycles. The molecule has 132 valence electrons. The summed E-state index contributed by atoms with van der Waals surface area (Å²) in [5, 5.41) is 11.5. The van der Waals surface area contributed by atoms with E-state index < -0.39 is 0 Å². The SMILES string of the molecule is Cc1noc(-c2n[nH]c3c2C=CC(c2ccccc2)(c2ccccc2)C3)n1. The molecule has 0 atom stereocenters. The zero-order chi connectivity index (χ0) is 18.3. The van der Waals surface area contributed by atoms with E-state index in [1.54, 1.807) is 6.92 Å². The van der Waals surface area contributed by atoms with Gasteiger partial charge in [0.05, 0.1) is 0 Å². The predicted octanol–water partition coefficient (Wildman–Crippen LogP) is 4.32. The first-order chi connectivity index (χ1) is 13.3. The fourth-order valence-corrected chi connectivity index (χ4v) is 3.86. The van der Waals surface area contributed by atoms with Gasteiger partial charge in [0.2, 0.25) is 0 Å². The average molecular weight is 354 g/mol. The van der Waals surface area contributed by atoms with E-state index in [0.717, 1.165) is 17.7 Å². The van der Waals surface area contributed by atoms with Gasteiger partial charge in [0.15, 0.2) is 11.5 Å². The smallest absolute Gasteiger partial charge is 0.279 e. The van der Waals surface area contributed by atoms with Gasteiger partial charge in [-0.05, 0) is 18.1 Å². The van der Waals surface area contributed by atoms with Crippen LogP contribution in [0.1, 0.15) is 28.2 Å². The summed E-state index contributed by atoms with van der Waals surface area (Å²) in [6, 6.07) is 21.2. The molecule has 27 heavy (non-hydrogen) atoms. The Morgan fingerprint density at radius 3 is 2.22 bits per heavy atom. The molecule has 0 fully saturated rings. The van der Waals surface area contributed by atoms with E-state index >= 15 is 0 Å². The Morgan fingerprint density at radius 1 is 0.963 bits per heavy atom. The molecule has 2 aromatic carbocycles. The van der Waals surface area contributed by atoms with E-state index in [0.29, 0.717) is 17.4 Å². The number of H-pyrrole nitrogens is 1. The average Bonchev–Trinajstić information content (AvgIpc) is 3.34. The Morgan fingerprint density at radius 2 is 1.63 bits per heavy atom. The highest BCUT2D eigenvalue weighted by Gasteiger charge is 2.36. The third kappa shape index (κ3) is 2.51. The maximum atomic E-state index is 5.32. The molecule has 1 N–H and O–H groups in total. The van der Waals surface area contributed by atoms with Crippen LogP contribution < -0.4 is 0 Å². The third-order valence-corrected chi connectivity index (χ3v) is 5.18. The number of nitrogens with one attached hydrogen (secondary N) is 1. The number of rotatable bonds is 3. The van der Waals surface area contributed by atoms with Crippen molar-refractivity contribution in [2.75, 3.05) is 0 Å². The topological polar surface area (TPSA) is 67.6 Å². The van der Waals surface area contributed by atoms with Gasteiger partial charge in [-0.2, -0.15) is 10.1 Å². The molecule has 0 bridgehead atoms. The Labute approximate surface area is 156 Å². The van der Waals surface area contributed by atoms with Crippen molar-refractivity contribution in [1.29, 1.82) is 0 Å². The fourth-order valence-electron chi connectivity index (χ4n) is 3.86. The van der Waals surface area contributed by atoms with Crippen molar-refractivity contribution in [2.24, 2.45) is 0 Å². The number of nitrogens with zero attached hydrogens (tertiary/aromatic N) is 3. The lowest BCUT2D eigenvalue weighted by molar-refractivity contribution is 0.424. The summed E-state index contributed by atoms with van der Waals surface area (Å²) < 4.78 is 5.32. The van der Waals surface area contributed by atoms with Crippen molar-refractivity contribution < 1.29 is 4.52 Å². The van der Waals surface area contributed by atoms with E-state index in [1.165, 1.54) is 11.1 Å². The zero-order valence-electron chi connectivity index (χ0n) is 14.9. The highest BCUT2D eigenvalue weighted by Crippen LogP contribution is 2.42. The molecule has 1 aliphatic carbocycles. The second-order valence-electron chi connectivity index (χ2n) is 6.82. The first-order valence-electron chi connectivity index (χ1n) is 8.94. The summed E-state index contributed by atoms with van der Waals surface area (Å²) in [7, 11) is 0. The number of aromatic nitrogens is 4. The minimum atomic E-state index is -0.246. The maximum absolute atomic E-state index is 5.32. The van der Waals surface area contributed by atoms with Gasteiger partial charge in [-0.1, -0.05) is 78.0 Å². The molecule has 1 aliphatic rings. The molecular weight excluding hydrogens is 336 g/mol. The first kappa shape index (κ1) is 15.8. The Bertz CT molecular complexity index is 1070. The fraction of sp³-hybridized carbons (Fsp3) is 0.136. The Hall–Kier alpha value is -3.47. The largest absolute Gasteiger partial charge is 0.332 e. The van der Waals surface area contributed by atoms with Crippen LogP contribution in [0, 0.1) is 6.92 Å². The predicted molar refractivity (Wildman–Crippen MR) is 103 cm³/mol. The van der Waals surface area contributed by atoms with Crippen LogP contribution in [0.2, 0.25) is 0 Å². The van der Waals surface area contributed by atoms with Gasteiger partial charge in [0, 0.05) is 23.1 Å². The van der Waals surface area contributed by atoms with E-state index in [2.05, 4.69) is 81.0 Å². The van der Waals surface area contributed by atoms with Crippen LogP contribution >= 0.6 is 0 Å². The first-order valence-corrected chi connectivity index (χ1v) is 8.94. The number of aromatic amines is 1. The van der Waals surface area contributed by atoms with Crippen LogP contribution in [0.5, 0.6) is 0 Å². The summed E-state index contributed by atoms with van der Waals surface area (Å²) in [5.74, 6) is 1.05. The highest BCUT2D eigenvalue weighted by molar-refractivity contribution is 5.73. The lowest BCUT2D eigenvalue weighted by atomic mass is 9.68. The second kappa shape index (κ2) is 6.06. The molecule has 2 heterocycles. The molecule has 0 saturated carbocycles. The monoisotopic (exact) mass is 354 g/mol. The molecule has 0 amide bonds. The number of hydrogen-bond donors (Lipinski definition) is 1. The van der Waals surface area contributed by atoms with Crippen LogP contribution in [0.3, 0.4) is 0 Å². The van der Waals surface area contributed by atoms with Gasteiger partial charge < -0.3 is 4.52 Å². The zero-order valence-corrected chi connectivity index (χ0v) is 14.9. The van der Waals surface area contributed by atoms with Crippen molar-refractivity contribution in [2.45, 2.75) is 18.8 Å². The molecule has 0 radical (unpaired) electrons. The molecule has 0 unspecified atom stereocenters. The van der Waals surface area contributed by atoms with Crippen LogP contribution in [0.15, 0.2) is 71.3 Å². The molecule has 5 rings (SSSR count). The minimum absolute atomic E-state index is 0.246.